The second kappa shape index (κ2) is 10.8. The van der Waals surface area contributed by atoms with Crippen molar-refractivity contribution >= 4 is 54.1 Å². The monoisotopic (exact) mass is 661 g/mol. The van der Waals surface area contributed by atoms with Crippen LogP contribution in [0.3, 0.4) is 0 Å². The Morgan fingerprint density at radius 1 is 0.365 bits per heavy atom. The third-order valence-corrected chi connectivity index (χ3v) is 11.8. The lowest BCUT2D eigenvalue weighted by Gasteiger charge is -2.22. The summed E-state index contributed by atoms with van der Waals surface area (Å²) in [5.41, 5.74) is 14.1. The zero-order valence-electron chi connectivity index (χ0n) is 29.2. The van der Waals surface area contributed by atoms with Crippen LogP contribution in [-0.4, -0.2) is 4.57 Å². The zero-order chi connectivity index (χ0) is 34.6. The summed E-state index contributed by atoms with van der Waals surface area (Å²) in [4.78, 5) is 0. The van der Waals surface area contributed by atoms with Gasteiger partial charge in [-0.2, -0.15) is 0 Å². The average Bonchev–Trinajstić information content (AvgIpc) is 3.63. The zero-order valence-corrected chi connectivity index (χ0v) is 29.2. The summed E-state index contributed by atoms with van der Waals surface area (Å²) in [6.45, 7) is 4.79. The van der Waals surface area contributed by atoms with Crippen molar-refractivity contribution in [1.29, 1.82) is 0 Å². The average molecular weight is 662 g/mol. The van der Waals surface area contributed by atoms with E-state index in [1.54, 1.807) is 0 Å². The van der Waals surface area contributed by atoms with Crippen LogP contribution in [0.4, 0.5) is 0 Å². The number of nitrogens with zero attached hydrogens (tertiary/aromatic N) is 1. The molecule has 0 amide bonds. The van der Waals surface area contributed by atoms with Gasteiger partial charge in [-0.05, 0) is 90.3 Å². The van der Waals surface area contributed by atoms with Gasteiger partial charge in [0, 0.05) is 27.0 Å². The van der Waals surface area contributed by atoms with Crippen molar-refractivity contribution in [2.75, 3.05) is 0 Å². The maximum absolute atomic E-state index is 2.56. The smallest absolute Gasteiger partial charge is 0.0619 e. The molecular weight excluding hydrogens is 627 g/mol. The highest BCUT2D eigenvalue weighted by Crippen LogP contribution is 2.53. The van der Waals surface area contributed by atoms with Crippen LogP contribution in [0.1, 0.15) is 25.0 Å². The number of aromatic nitrogens is 1. The molecule has 52 heavy (non-hydrogen) atoms. The highest BCUT2D eigenvalue weighted by atomic mass is 15.0. The molecule has 11 rings (SSSR count). The summed E-state index contributed by atoms with van der Waals surface area (Å²) in [5, 5.41) is 10.1. The first-order valence-corrected chi connectivity index (χ1v) is 18.3. The van der Waals surface area contributed by atoms with Crippen LogP contribution >= 0.6 is 0 Å². The minimum Gasteiger partial charge on any atom is -0.308 e. The Morgan fingerprint density at radius 3 is 1.71 bits per heavy atom. The molecule has 0 saturated carbocycles. The van der Waals surface area contributed by atoms with E-state index in [4.69, 9.17) is 0 Å². The molecule has 0 N–H and O–H groups in total. The maximum atomic E-state index is 2.56. The van der Waals surface area contributed by atoms with E-state index in [2.05, 4.69) is 194 Å². The standard InChI is InChI=1S/C51H35N/c1-51(2)45-29-34(32-15-4-3-5-16-32)27-28-36(45)43-31-48-44(30-46(43)51)37-20-12-13-26-47(37)52(48)50-41-23-10-8-21-39(41)49(40-22-9-11-24-42(40)50)38-25-14-18-33-17-6-7-19-35(33)38/h3-31H,1-2H3. The third kappa shape index (κ3) is 3.99. The summed E-state index contributed by atoms with van der Waals surface area (Å²) in [5.74, 6) is 0. The van der Waals surface area contributed by atoms with E-state index >= 15 is 0 Å². The van der Waals surface area contributed by atoms with E-state index in [-0.39, 0.29) is 5.41 Å². The number of benzene rings is 9. The van der Waals surface area contributed by atoms with E-state index in [9.17, 15) is 0 Å². The summed E-state index contributed by atoms with van der Waals surface area (Å²) in [7, 11) is 0. The normalized spacial score (nSPS) is 13.3. The first kappa shape index (κ1) is 29.3. The summed E-state index contributed by atoms with van der Waals surface area (Å²) < 4.78 is 2.56. The lowest BCUT2D eigenvalue weighted by Crippen LogP contribution is -2.15. The third-order valence-electron chi connectivity index (χ3n) is 11.8. The van der Waals surface area contributed by atoms with Gasteiger partial charge in [0.05, 0.1) is 16.7 Å². The molecule has 0 atom stereocenters. The first-order valence-electron chi connectivity index (χ1n) is 18.3. The van der Waals surface area contributed by atoms with Gasteiger partial charge in [0.15, 0.2) is 0 Å². The topological polar surface area (TPSA) is 4.93 Å². The van der Waals surface area contributed by atoms with Crippen LogP contribution in [-0.2, 0) is 5.41 Å². The molecule has 0 radical (unpaired) electrons. The second-order valence-electron chi connectivity index (χ2n) is 14.9. The van der Waals surface area contributed by atoms with Gasteiger partial charge >= 0.3 is 0 Å². The molecule has 0 bridgehead atoms. The molecule has 1 aliphatic rings. The van der Waals surface area contributed by atoms with Gasteiger partial charge in [-0.25, -0.2) is 0 Å². The van der Waals surface area contributed by atoms with E-state index in [0.29, 0.717) is 0 Å². The Balaban J connectivity index is 1.25. The van der Waals surface area contributed by atoms with Crippen molar-refractivity contribution in [2.24, 2.45) is 0 Å². The molecule has 0 fully saturated rings. The van der Waals surface area contributed by atoms with Gasteiger partial charge in [0.25, 0.3) is 0 Å². The van der Waals surface area contributed by atoms with Crippen LogP contribution in [0, 0.1) is 0 Å². The van der Waals surface area contributed by atoms with E-state index in [0.717, 1.165) is 0 Å². The largest absolute Gasteiger partial charge is 0.308 e. The van der Waals surface area contributed by atoms with E-state index in [1.165, 1.54) is 104 Å². The van der Waals surface area contributed by atoms with Gasteiger partial charge in [0.1, 0.15) is 0 Å². The van der Waals surface area contributed by atoms with Gasteiger partial charge < -0.3 is 4.57 Å². The van der Waals surface area contributed by atoms with Crippen molar-refractivity contribution < 1.29 is 0 Å². The van der Waals surface area contributed by atoms with Crippen molar-refractivity contribution in [3.8, 4) is 39.1 Å². The quantitative estimate of drug-likeness (QED) is 0.166. The molecule has 244 valence electrons. The summed E-state index contributed by atoms with van der Waals surface area (Å²) in [6.07, 6.45) is 0. The number of rotatable bonds is 3. The molecule has 1 aromatic heterocycles. The van der Waals surface area contributed by atoms with E-state index in [1.807, 2.05) is 0 Å². The number of hydrogen-bond donors (Lipinski definition) is 0. The fourth-order valence-electron chi connectivity index (χ4n) is 9.33. The molecule has 1 nitrogen and oxygen atoms in total. The highest BCUT2D eigenvalue weighted by molar-refractivity contribution is 6.23. The predicted octanol–water partition coefficient (Wildman–Crippen LogP) is 13.9. The van der Waals surface area contributed by atoms with Crippen LogP contribution < -0.4 is 0 Å². The maximum Gasteiger partial charge on any atom is 0.0619 e. The SMILES string of the molecule is CC1(C)c2cc(-c3ccccc3)ccc2-c2cc3c(cc21)c1ccccc1n3-c1c2ccccc2c(-c2cccc3ccccc23)c2ccccc12. The van der Waals surface area contributed by atoms with Crippen LogP contribution in [0.2, 0.25) is 0 Å². The lowest BCUT2D eigenvalue weighted by molar-refractivity contribution is 0.661. The number of para-hydroxylation sites is 1. The van der Waals surface area contributed by atoms with Crippen molar-refractivity contribution in [3.63, 3.8) is 0 Å². The molecule has 0 saturated heterocycles. The van der Waals surface area contributed by atoms with Crippen molar-refractivity contribution in [3.05, 3.63) is 187 Å². The predicted molar refractivity (Wildman–Crippen MR) is 222 cm³/mol. The Kier molecular flexibility index (Phi) is 6.08. The lowest BCUT2D eigenvalue weighted by atomic mass is 9.81. The fourth-order valence-corrected chi connectivity index (χ4v) is 9.33. The molecule has 1 heteroatoms. The molecular formula is C51H35N. The molecule has 1 heterocycles. The Hall–Kier alpha value is -6.44. The summed E-state index contributed by atoms with van der Waals surface area (Å²) in [6, 6.07) is 65.3. The number of fused-ring (bicyclic) bond motifs is 9. The first-order chi connectivity index (χ1) is 25.6. The van der Waals surface area contributed by atoms with Crippen LogP contribution in [0.15, 0.2) is 176 Å². The Morgan fingerprint density at radius 2 is 0.962 bits per heavy atom. The van der Waals surface area contributed by atoms with Crippen molar-refractivity contribution in [2.45, 2.75) is 19.3 Å². The summed E-state index contributed by atoms with van der Waals surface area (Å²) >= 11 is 0. The molecule has 10 aromatic rings. The van der Waals surface area contributed by atoms with Crippen molar-refractivity contribution in [1.82, 2.24) is 4.57 Å². The Bertz CT molecular complexity index is 3020. The van der Waals surface area contributed by atoms with Gasteiger partial charge in [-0.3, -0.25) is 0 Å². The fraction of sp³-hybridized carbons (Fsp3) is 0.0588. The molecule has 0 unspecified atom stereocenters. The number of hydrogen-bond acceptors (Lipinski definition) is 0. The van der Waals surface area contributed by atoms with E-state index < -0.39 is 0 Å². The molecule has 0 spiro atoms. The highest BCUT2D eigenvalue weighted by Gasteiger charge is 2.37. The van der Waals surface area contributed by atoms with Crippen LogP contribution in [0.25, 0.3) is 93.2 Å². The molecule has 9 aromatic carbocycles. The Labute approximate surface area is 303 Å². The van der Waals surface area contributed by atoms with Gasteiger partial charge in [-0.15, -0.1) is 0 Å². The second-order valence-corrected chi connectivity index (χ2v) is 14.9. The van der Waals surface area contributed by atoms with Crippen LogP contribution in [0.5, 0.6) is 0 Å². The van der Waals surface area contributed by atoms with Gasteiger partial charge in [0.2, 0.25) is 0 Å². The minimum absolute atomic E-state index is 0.133. The van der Waals surface area contributed by atoms with Gasteiger partial charge in [-0.1, -0.05) is 166 Å². The molecule has 0 aliphatic heterocycles. The molecule has 1 aliphatic carbocycles. The minimum atomic E-state index is -0.133.